The molecule has 0 heterocycles. The van der Waals surface area contributed by atoms with Crippen molar-refractivity contribution in [3.8, 4) is 0 Å². The molecule has 35 heavy (non-hydrogen) atoms. The highest BCUT2D eigenvalue weighted by Crippen LogP contribution is 2.24. The molecule has 2 atom stereocenters. The summed E-state index contributed by atoms with van der Waals surface area (Å²) in [6.45, 7) is 13.5. The third kappa shape index (κ3) is 11.8. The highest BCUT2D eigenvalue weighted by atomic mass is 32.1. The van der Waals surface area contributed by atoms with Gasteiger partial charge in [-0.05, 0) is 53.5 Å². The Morgan fingerprint density at radius 1 is 0.971 bits per heavy atom. The van der Waals surface area contributed by atoms with Gasteiger partial charge in [0.2, 0.25) is 11.8 Å². The zero-order valence-electron chi connectivity index (χ0n) is 22.5. The van der Waals surface area contributed by atoms with Crippen molar-refractivity contribution >= 4 is 30.5 Å². The van der Waals surface area contributed by atoms with E-state index in [2.05, 4.69) is 30.2 Å². The van der Waals surface area contributed by atoms with Gasteiger partial charge in [0.05, 0.1) is 0 Å². The molecule has 1 aromatic carbocycles. The van der Waals surface area contributed by atoms with Crippen LogP contribution in [0.1, 0.15) is 92.2 Å². The second-order valence-electron chi connectivity index (χ2n) is 10.9. The number of hydrogen-bond donors (Lipinski definition) is 3. The fraction of sp³-hybridized carbons (Fsp3) is 0.667. The monoisotopic (exact) mass is 507 g/mol. The number of nitrogens with one attached hydrogen (secondary N) is 2. The predicted molar refractivity (Wildman–Crippen MR) is 145 cm³/mol. The Morgan fingerprint density at radius 2 is 1.57 bits per heavy atom. The Labute approximate surface area is 217 Å². The fourth-order valence-corrected chi connectivity index (χ4v) is 3.88. The van der Waals surface area contributed by atoms with E-state index >= 15 is 0 Å². The summed E-state index contributed by atoms with van der Waals surface area (Å²) < 4.78 is 5.35. The summed E-state index contributed by atoms with van der Waals surface area (Å²) in [7, 11) is 0. The summed E-state index contributed by atoms with van der Waals surface area (Å²) in [5.74, 6) is -0.549. The number of amides is 3. The molecule has 0 radical (unpaired) electrons. The summed E-state index contributed by atoms with van der Waals surface area (Å²) in [6.07, 6.45) is 4.32. The van der Waals surface area contributed by atoms with Gasteiger partial charge >= 0.3 is 6.09 Å². The van der Waals surface area contributed by atoms with Crippen molar-refractivity contribution in [3.63, 3.8) is 0 Å². The quantitative estimate of drug-likeness (QED) is 0.266. The van der Waals surface area contributed by atoms with E-state index in [-0.39, 0.29) is 17.6 Å². The van der Waals surface area contributed by atoms with E-state index in [1.807, 2.05) is 51.1 Å². The molecule has 0 aliphatic heterocycles. The van der Waals surface area contributed by atoms with E-state index < -0.39 is 29.3 Å². The van der Waals surface area contributed by atoms with Crippen molar-refractivity contribution < 1.29 is 19.1 Å². The number of carbonyl (C=O) groups excluding carboxylic acids is 3. The molecule has 0 aromatic heterocycles. The molecule has 7 nitrogen and oxygen atoms in total. The van der Waals surface area contributed by atoms with Crippen LogP contribution in [0.4, 0.5) is 4.79 Å². The Morgan fingerprint density at radius 3 is 2.09 bits per heavy atom. The van der Waals surface area contributed by atoms with E-state index in [0.717, 1.165) is 32.1 Å². The predicted octanol–water partition coefficient (Wildman–Crippen LogP) is 5.26. The molecule has 0 spiro atoms. The van der Waals surface area contributed by atoms with E-state index in [4.69, 9.17) is 4.74 Å². The lowest BCUT2D eigenvalue weighted by molar-refractivity contribution is -0.142. The van der Waals surface area contributed by atoms with Gasteiger partial charge in [-0.15, -0.1) is 0 Å². The molecular formula is C27H45N3O4S. The van der Waals surface area contributed by atoms with E-state index in [0.29, 0.717) is 12.1 Å². The minimum atomic E-state index is -0.933. The summed E-state index contributed by atoms with van der Waals surface area (Å²) in [5.41, 5.74) is -0.462. The summed E-state index contributed by atoms with van der Waals surface area (Å²) >= 11 is 4.33. The number of rotatable bonds is 12. The lowest BCUT2D eigenvalue weighted by Gasteiger charge is -2.36. The van der Waals surface area contributed by atoms with Gasteiger partial charge in [0.15, 0.2) is 0 Å². The number of thiol groups is 1. The second kappa shape index (κ2) is 14.4. The smallest absolute Gasteiger partial charge is 0.408 e. The van der Waals surface area contributed by atoms with Gasteiger partial charge in [-0.3, -0.25) is 9.59 Å². The van der Waals surface area contributed by atoms with Crippen molar-refractivity contribution in [2.24, 2.45) is 0 Å². The zero-order chi connectivity index (χ0) is 26.6. The maximum atomic E-state index is 13.8. The molecule has 0 aliphatic carbocycles. The van der Waals surface area contributed by atoms with Crippen molar-refractivity contribution in [1.82, 2.24) is 15.5 Å². The Bertz CT molecular complexity index is 803. The van der Waals surface area contributed by atoms with E-state index in [1.54, 1.807) is 25.7 Å². The molecule has 1 aromatic rings. The van der Waals surface area contributed by atoms with Gasteiger partial charge < -0.3 is 20.3 Å². The third-order valence-electron chi connectivity index (χ3n) is 5.13. The van der Waals surface area contributed by atoms with Crippen molar-refractivity contribution in [2.45, 2.75) is 104 Å². The highest BCUT2D eigenvalue weighted by molar-refractivity contribution is 7.80. The van der Waals surface area contributed by atoms with Crippen molar-refractivity contribution in [1.29, 1.82) is 0 Å². The summed E-state index contributed by atoms with van der Waals surface area (Å²) in [4.78, 5) is 41.3. The Kier molecular flexibility index (Phi) is 12.6. The van der Waals surface area contributed by atoms with Crippen LogP contribution in [0.2, 0.25) is 0 Å². The molecule has 8 heteroatoms. The molecule has 0 aliphatic rings. The third-order valence-corrected chi connectivity index (χ3v) is 5.50. The zero-order valence-corrected chi connectivity index (χ0v) is 23.4. The molecule has 0 saturated heterocycles. The molecule has 198 valence electrons. The Hall–Kier alpha value is -2.22. The molecular weight excluding hydrogens is 462 g/mol. The normalized spacial score (nSPS) is 13.5. The number of unbranched alkanes of at least 4 members (excludes halogenated alkanes) is 4. The topological polar surface area (TPSA) is 87.7 Å². The first-order valence-electron chi connectivity index (χ1n) is 12.6. The van der Waals surface area contributed by atoms with Crippen molar-refractivity contribution in [2.75, 3.05) is 12.3 Å². The maximum Gasteiger partial charge on any atom is 0.408 e. The SMILES string of the molecule is CCCCCCCN(C(=O)C(CS)NC(=O)OC(C)(C)C)C(C(=O)NC(C)(C)C)c1ccccc1. The highest BCUT2D eigenvalue weighted by Gasteiger charge is 2.36. The maximum absolute atomic E-state index is 13.8. The number of alkyl carbamates (subject to hydrolysis) is 1. The largest absolute Gasteiger partial charge is 0.444 e. The van der Waals surface area contributed by atoms with Gasteiger partial charge in [-0.25, -0.2) is 4.79 Å². The van der Waals surface area contributed by atoms with Crippen LogP contribution in [-0.4, -0.2) is 52.3 Å². The number of carbonyl (C=O) groups is 3. The molecule has 2 N–H and O–H groups in total. The lowest BCUT2D eigenvalue weighted by Crippen LogP contribution is -2.55. The minimum Gasteiger partial charge on any atom is -0.444 e. The molecule has 3 amide bonds. The summed E-state index contributed by atoms with van der Waals surface area (Å²) in [5, 5.41) is 5.68. The molecule has 0 saturated carbocycles. The van der Waals surface area contributed by atoms with Crippen LogP contribution in [0.5, 0.6) is 0 Å². The van der Waals surface area contributed by atoms with Crippen LogP contribution in [-0.2, 0) is 14.3 Å². The average molecular weight is 508 g/mol. The molecule has 2 unspecified atom stereocenters. The van der Waals surface area contributed by atoms with Crippen LogP contribution in [0, 0.1) is 0 Å². The number of ether oxygens (including phenoxy) is 1. The van der Waals surface area contributed by atoms with Gasteiger partial charge in [0, 0.05) is 17.8 Å². The number of nitrogens with zero attached hydrogens (tertiary/aromatic N) is 1. The van der Waals surface area contributed by atoms with E-state index in [9.17, 15) is 14.4 Å². The van der Waals surface area contributed by atoms with Gasteiger partial charge in [0.25, 0.3) is 0 Å². The standard InChI is InChI=1S/C27H45N3O4S/c1-8-9-10-11-15-18-30(24(32)21(19-35)28-25(33)34-27(5,6)7)22(20-16-13-12-14-17-20)23(31)29-26(2,3)4/h12-14,16-17,21-22,35H,8-11,15,18-19H2,1-7H3,(H,28,33)(H,29,31). The van der Waals surface area contributed by atoms with Crippen LogP contribution in [0.15, 0.2) is 30.3 Å². The first-order chi connectivity index (χ1) is 16.3. The van der Waals surface area contributed by atoms with Crippen LogP contribution >= 0.6 is 12.6 Å². The molecule has 0 bridgehead atoms. The number of benzene rings is 1. The number of hydrogen-bond acceptors (Lipinski definition) is 5. The Balaban J connectivity index is 3.31. The van der Waals surface area contributed by atoms with Gasteiger partial charge in [0.1, 0.15) is 17.7 Å². The van der Waals surface area contributed by atoms with Gasteiger partial charge in [-0.2, -0.15) is 12.6 Å². The van der Waals surface area contributed by atoms with Crippen LogP contribution < -0.4 is 10.6 Å². The van der Waals surface area contributed by atoms with Crippen LogP contribution in [0.3, 0.4) is 0 Å². The second-order valence-corrected chi connectivity index (χ2v) is 11.2. The summed E-state index contributed by atoms with van der Waals surface area (Å²) in [6, 6.07) is 7.51. The first-order valence-corrected chi connectivity index (χ1v) is 13.2. The van der Waals surface area contributed by atoms with E-state index in [1.165, 1.54) is 0 Å². The van der Waals surface area contributed by atoms with Crippen LogP contribution in [0.25, 0.3) is 0 Å². The van der Waals surface area contributed by atoms with Crippen molar-refractivity contribution in [3.05, 3.63) is 35.9 Å². The fourth-order valence-electron chi connectivity index (χ4n) is 3.63. The first kappa shape index (κ1) is 30.8. The minimum absolute atomic E-state index is 0.0762. The van der Waals surface area contributed by atoms with Gasteiger partial charge in [-0.1, -0.05) is 62.9 Å². The molecule has 0 fully saturated rings. The average Bonchev–Trinajstić information content (AvgIpc) is 2.74. The lowest BCUT2D eigenvalue weighted by atomic mass is 10.00. The molecule has 1 rings (SSSR count).